The number of fused-ring (bicyclic) bond motifs is 1. The molecule has 0 aliphatic rings. The monoisotopic (exact) mass is 292 g/mol. The zero-order chi connectivity index (χ0) is 13.2. The van der Waals surface area contributed by atoms with Gasteiger partial charge in [-0.15, -0.1) is 11.3 Å². The highest BCUT2D eigenvalue weighted by Crippen LogP contribution is 2.24. The van der Waals surface area contributed by atoms with Crippen molar-refractivity contribution in [3.63, 3.8) is 0 Å². The second kappa shape index (κ2) is 5.23. The number of aromatic nitrogens is 1. The van der Waals surface area contributed by atoms with Gasteiger partial charge in [0.05, 0.1) is 4.34 Å². The van der Waals surface area contributed by atoms with Crippen molar-refractivity contribution in [3.05, 3.63) is 45.4 Å². The molecule has 2 aromatic heterocycles. The zero-order valence-electron chi connectivity index (χ0n) is 10.4. The summed E-state index contributed by atoms with van der Waals surface area (Å²) in [7, 11) is 0. The number of anilines is 1. The van der Waals surface area contributed by atoms with E-state index in [1.165, 1.54) is 4.88 Å². The third-order valence-corrected chi connectivity index (χ3v) is 4.06. The second-order valence-corrected chi connectivity index (χ2v) is 6.00. The van der Waals surface area contributed by atoms with Crippen LogP contribution in [-0.2, 0) is 13.0 Å². The van der Waals surface area contributed by atoms with Crippen molar-refractivity contribution in [1.82, 2.24) is 4.98 Å². The number of hydrogen-bond acceptors (Lipinski definition) is 4. The Labute approximate surface area is 120 Å². The molecule has 0 amide bonds. The maximum absolute atomic E-state index is 5.91. The summed E-state index contributed by atoms with van der Waals surface area (Å²) in [6.07, 6.45) is 0.811. The molecule has 0 atom stereocenters. The molecule has 5 heteroatoms. The topological polar surface area (TPSA) is 38.1 Å². The number of nitrogens with one attached hydrogen (secondary N) is 1. The molecule has 0 fully saturated rings. The molecular formula is C14H13ClN2OS. The molecule has 0 saturated carbocycles. The summed E-state index contributed by atoms with van der Waals surface area (Å²) in [4.78, 5) is 5.63. The van der Waals surface area contributed by atoms with Crippen molar-refractivity contribution >= 4 is 39.7 Å². The van der Waals surface area contributed by atoms with Crippen LogP contribution in [0.1, 0.15) is 17.7 Å². The fourth-order valence-electron chi connectivity index (χ4n) is 1.87. The summed E-state index contributed by atoms with van der Waals surface area (Å²) in [5.41, 5.74) is 2.76. The van der Waals surface area contributed by atoms with Gasteiger partial charge >= 0.3 is 0 Å². The van der Waals surface area contributed by atoms with Crippen LogP contribution in [0, 0.1) is 0 Å². The lowest BCUT2D eigenvalue weighted by Crippen LogP contribution is -1.96. The van der Waals surface area contributed by atoms with Crippen LogP contribution in [0.15, 0.2) is 34.7 Å². The van der Waals surface area contributed by atoms with Gasteiger partial charge in [0.25, 0.3) is 0 Å². The van der Waals surface area contributed by atoms with Crippen LogP contribution in [0.25, 0.3) is 11.1 Å². The molecule has 2 heterocycles. The summed E-state index contributed by atoms with van der Waals surface area (Å²) in [5.74, 6) is 0.775. The average molecular weight is 293 g/mol. The Bertz CT molecular complexity index is 704. The SMILES string of the molecule is CCc1nc2cc(NCc3ccc(Cl)s3)ccc2o1. The number of rotatable bonds is 4. The van der Waals surface area contributed by atoms with E-state index in [1.807, 2.05) is 37.3 Å². The molecule has 0 aliphatic heterocycles. The number of hydrogen-bond donors (Lipinski definition) is 1. The average Bonchev–Trinajstić information content (AvgIpc) is 3.01. The van der Waals surface area contributed by atoms with Gasteiger partial charge < -0.3 is 9.73 Å². The molecule has 0 spiro atoms. The van der Waals surface area contributed by atoms with E-state index in [9.17, 15) is 0 Å². The van der Waals surface area contributed by atoms with E-state index in [-0.39, 0.29) is 0 Å². The lowest BCUT2D eigenvalue weighted by atomic mass is 10.3. The lowest BCUT2D eigenvalue weighted by Gasteiger charge is -2.03. The van der Waals surface area contributed by atoms with Crippen LogP contribution in [0.5, 0.6) is 0 Å². The van der Waals surface area contributed by atoms with Crippen molar-refractivity contribution < 1.29 is 4.42 Å². The fraction of sp³-hybridized carbons (Fsp3) is 0.214. The number of oxazole rings is 1. The lowest BCUT2D eigenvalue weighted by molar-refractivity contribution is 0.538. The molecule has 0 bridgehead atoms. The smallest absolute Gasteiger partial charge is 0.195 e. The van der Waals surface area contributed by atoms with Gasteiger partial charge in [0.2, 0.25) is 0 Å². The van der Waals surface area contributed by atoms with Crippen molar-refractivity contribution in [2.45, 2.75) is 19.9 Å². The Kier molecular flexibility index (Phi) is 3.44. The predicted molar refractivity (Wildman–Crippen MR) is 80.0 cm³/mol. The molecule has 3 nitrogen and oxygen atoms in total. The molecular weight excluding hydrogens is 280 g/mol. The Hall–Kier alpha value is -1.52. The van der Waals surface area contributed by atoms with E-state index >= 15 is 0 Å². The minimum absolute atomic E-state index is 0.765. The molecule has 0 radical (unpaired) electrons. The maximum Gasteiger partial charge on any atom is 0.195 e. The number of halogens is 1. The van der Waals surface area contributed by atoms with E-state index in [0.29, 0.717) is 0 Å². The van der Waals surface area contributed by atoms with Gasteiger partial charge in [-0.05, 0) is 30.3 Å². The molecule has 0 saturated heterocycles. The predicted octanol–water partition coefficient (Wildman–Crippen LogP) is 4.72. The summed E-state index contributed by atoms with van der Waals surface area (Å²) in [6, 6.07) is 9.90. The number of thiophene rings is 1. The van der Waals surface area contributed by atoms with Gasteiger partial charge in [0, 0.05) is 23.5 Å². The van der Waals surface area contributed by atoms with Crippen LogP contribution >= 0.6 is 22.9 Å². The molecule has 3 aromatic rings. The van der Waals surface area contributed by atoms with Crippen molar-refractivity contribution in [2.24, 2.45) is 0 Å². The van der Waals surface area contributed by atoms with Gasteiger partial charge in [-0.3, -0.25) is 0 Å². The molecule has 1 N–H and O–H groups in total. The first-order valence-electron chi connectivity index (χ1n) is 6.12. The van der Waals surface area contributed by atoms with Crippen molar-refractivity contribution in [1.29, 1.82) is 0 Å². The van der Waals surface area contributed by atoms with E-state index in [0.717, 1.165) is 40.0 Å². The number of aryl methyl sites for hydroxylation is 1. The van der Waals surface area contributed by atoms with E-state index in [1.54, 1.807) is 11.3 Å². The Balaban J connectivity index is 1.77. The Morgan fingerprint density at radius 2 is 2.21 bits per heavy atom. The highest BCUT2D eigenvalue weighted by atomic mass is 35.5. The minimum Gasteiger partial charge on any atom is -0.441 e. The van der Waals surface area contributed by atoms with Gasteiger partial charge in [0.1, 0.15) is 5.52 Å². The van der Waals surface area contributed by atoms with Gasteiger partial charge in [-0.2, -0.15) is 0 Å². The largest absolute Gasteiger partial charge is 0.441 e. The van der Waals surface area contributed by atoms with Crippen LogP contribution in [0.3, 0.4) is 0 Å². The number of nitrogens with zero attached hydrogens (tertiary/aromatic N) is 1. The van der Waals surface area contributed by atoms with Gasteiger partial charge in [0.15, 0.2) is 11.5 Å². The Morgan fingerprint density at radius 3 is 2.95 bits per heavy atom. The zero-order valence-corrected chi connectivity index (χ0v) is 12.0. The molecule has 1 aromatic carbocycles. The quantitative estimate of drug-likeness (QED) is 0.756. The second-order valence-electron chi connectivity index (χ2n) is 4.20. The van der Waals surface area contributed by atoms with Crippen LogP contribution < -0.4 is 5.32 Å². The van der Waals surface area contributed by atoms with E-state index < -0.39 is 0 Å². The first-order valence-corrected chi connectivity index (χ1v) is 7.31. The van der Waals surface area contributed by atoms with Gasteiger partial charge in [-0.1, -0.05) is 18.5 Å². The third kappa shape index (κ3) is 2.74. The van der Waals surface area contributed by atoms with E-state index in [4.69, 9.17) is 16.0 Å². The highest BCUT2D eigenvalue weighted by molar-refractivity contribution is 7.16. The fourth-order valence-corrected chi connectivity index (χ4v) is 2.90. The minimum atomic E-state index is 0.765. The van der Waals surface area contributed by atoms with Crippen molar-refractivity contribution in [2.75, 3.05) is 5.32 Å². The summed E-state index contributed by atoms with van der Waals surface area (Å²) in [6.45, 7) is 2.80. The summed E-state index contributed by atoms with van der Waals surface area (Å²) >= 11 is 7.49. The normalized spacial score (nSPS) is 11.1. The number of benzene rings is 1. The third-order valence-electron chi connectivity index (χ3n) is 2.83. The summed E-state index contributed by atoms with van der Waals surface area (Å²) in [5, 5.41) is 3.36. The van der Waals surface area contributed by atoms with Crippen LogP contribution in [0.4, 0.5) is 5.69 Å². The molecule has 0 unspecified atom stereocenters. The molecule has 0 aliphatic carbocycles. The van der Waals surface area contributed by atoms with Gasteiger partial charge in [-0.25, -0.2) is 4.98 Å². The van der Waals surface area contributed by atoms with E-state index in [2.05, 4.69) is 10.3 Å². The maximum atomic E-state index is 5.91. The molecule has 98 valence electrons. The van der Waals surface area contributed by atoms with Crippen LogP contribution in [-0.4, -0.2) is 4.98 Å². The van der Waals surface area contributed by atoms with Crippen molar-refractivity contribution in [3.8, 4) is 0 Å². The molecule has 19 heavy (non-hydrogen) atoms. The van der Waals surface area contributed by atoms with Crippen LogP contribution in [0.2, 0.25) is 4.34 Å². The molecule has 3 rings (SSSR count). The first kappa shape index (κ1) is 12.5. The Morgan fingerprint density at radius 1 is 1.32 bits per heavy atom. The summed E-state index contributed by atoms with van der Waals surface area (Å²) < 4.78 is 6.40. The standard InChI is InChI=1S/C14H13ClN2OS/c1-2-14-17-11-7-9(3-5-12(11)18-14)16-8-10-4-6-13(15)19-10/h3-7,16H,2,8H2,1H3. The highest BCUT2D eigenvalue weighted by Gasteiger charge is 2.05. The first-order chi connectivity index (χ1) is 9.24.